The van der Waals surface area contributed by atoms with Gasteiger partial charge < -0.3 is 10.2 Å². The molecule has 17 heavy (non-hydrogen) atoms. The van der Waals surface area contributed by atoms with Crippen LogP contribution in [0.3, 0.4) is 0 Å². The Hall–Kier alpha value is -1.50. The topological polar surface area (TPSA) is 74.6 Å². The predicted molar refractivity (Wildman–Crippen MR) is 66.6 cm³/mol. The Morgan fingerprint density at radius 2 is 1.24 bits per heavy atom. The molecule has 0 fully saturated rings. The summed E-state index contributed by atoms with van der Waals surface area (Å²) in [5.74, 6) is -1.81. The summed E-state index contributed by atoms with van der Waals surface area (Å²) in [6.07, 6.45) is 10.9. The quantitative estimate of drug-likeness (QED) is 0.642. The van der Waals surface area contributed by atoms with Crippen molar-refractivity contribution in [2.24, 2.45) is 5.41 Å². The molecule has 0 aliphatic carbocycles. The number of hydrogen-bond acceptors (Lipinski definition) is 2. The highest BCUT2D eigenvalue weighted by molar-refractivity contribution is 5.71. The molecule has 0 aromatic carbocycles. The van der Waals surface area contributed by atoms with E-state index in [1.807, 2.05) is 13.8 Å². The lowest BCUT2D eigenvalue weighted by atomic mass is 9.74. The fraction of sp³-hybridized carbons (Fsp3) is 0.692. The SMILES string of the molecule is C#C.CCCC(CCC)(CC(=O)O)CC(=O)O. The second-order valence-corrected chi connectivity index (χ2v) is 4.14. The van der Waals surface area contributed by atoms with Crippen LogP contribution in [0, 0.1) is 18.3 Å². The maximum Gasteiger partial charge on any atom is 0.303 e. The number of carbonyl (C=O) groups is 2. The Kier molecular flexibility index (Phi) is 10.2. The summed E-state index contributed by atoms with van der Waals surface area (Å²) in [6.45, 7) is 3.90. The zero-order valence-corrected chi connectivity index (χ0v) is 10.6. The summed E-state index contributed by atoms with van der Waals surface area (Å²) in [6, 6.07) is 0. The lowest BCUT2D eigenvalue weighted by molar-refractivity contribution is -0.144. The van der Waals surface area contributed by atoms with Gasteiger partial charge in [0.2, 0.25) is 0 Å². The third-order valence-corrected chi connectivity index (χ3v) is 2.61. The molecular weight excluding hydrogens is 220 g/mol. The van der Waals surface area contributed by atoms with Crippen molar-refractivity contribution in [3.05, 3.63) is 0 Å². The van der Waals surface area contributed by atoms with Crippen LogP contribution in [-0.2, 0) is 9.59 Å². The largest absolute Gasteiger partial charge is 0.481 e. The van der Waals surface area contributed by atoms with E-state index in [0.29, 0.717) is 12.8 Å². The van der Waals surface area contributed by atoms with Gasteiger partial charge in [0.05, 0.1) is 12.8 Å². The Morgan fingerprint density at radius 3 is 1.41 bits per heavy atom. The minimum atomic E-state index is -0.904. The van der Waals surface area contributed by atoms with Crippen LogP contribution in [0.5, 0.6) is 0 Å². The molecule has 4 nitrogen and oxygen atoms in total. The van der Waals surface area contributed by atoms with Gasteiger partial charge in [0, 0.05) is 0 Å². The van der Waals surface area contributed by atoms with Crippen molar-refractivity contribution in [1.82, 2.24) is 0 Å². The summed E-state index contributed by atoms with van der Waals surface area (Å²) in [7, 11) is 0. The zero-order valence-electron chi connectivity index (χ0n) is 10.6. The van der Waals surface area contributed by atoms with E-state index in [0.717, 1.165) is 12.8 Å². The van der Waals surface area contributed by atoms with E-state index in [-0.39, 0.29) is 12.8 Å². The first kappa shape index (κ1) is 17.9. The van der Waals surface area contributed by atoms with Gasteiger partial charge in [0.15, 0.2) is 0 Å². The van der Waals surface area contributed by atoms with Gasteiger partial charge in [-0.25, -0.2) is 0 Å². The van der Waals surface area contributed by atoms with E-state index in [4.69, 9.17) is 10.2 Å². The second-order valence-electron chi connectivity index (χ2n) is 4.14. The van der Waals surface area contributed by atoms with Crippen LogP contribution in [0.1, 0.15) is 52.4 Å². The molecule has 0 aromatic heterocycles. The van der Waals surface area contributed by atoms with Crippen LogP contribution >= 0.6 is 0 Å². The van der Waals surface area contributed by atoms with Crippen molar-refractivity contribution in [1.29, 1.82) is 0 Å². The minimum absolute atomic E-state index is 0.0407. The number of terminal acetylenes is 1. The van der Waals surface area contributed by atoms with Crippen LogP contribution in [0.15, 0.2) is 0 Å². The van der Waals surface area contributed by atoms with Gasteiger partial charge in [-0.15, -0.1) is 12.8 Å². The van der Waals surface area contributed by atoms with Crippen LogP contribution in [0.2, 0.25) is 0 Å². The molecule has 0 saturated carbocycles. The molecule has 0 radical (unpaired) electrons. The van der Waals surface area contributed by atoms with E-state index >= 15 is 0 Å². The first-order chi connectivity index (χ1) is 7.95. The molecular formula is C13H22O4. The summed E-state index contributed by atoms with van der Waals surface area (Å²) in [4.78, 5) is 21.5. The van der Waals surface area contributed by atoms with Crippen LogP contribution in [0.4, 0.5) is 0 Å². The van der Waals surface area contributed by atoms with Crippen molar-refractivity contribution in [2.45, 2.75) is 52.4 Å². The number of carboxylic acids is 2. The average molecular weight is 242 g/mol. The predicted octanol–water partition coefficient (Wildman–Crippen LogP) is 2.77. The van der Waals surface area contributed by atoms with Gasteiger partial charge >= 0.3 is 11.9 Å². The molecule has 4 heteroatoms. The monoisotopic (exact) mass is 242 g/mol. The summed E-state index contributed by atoms with van der Waals surface area (Å²) in [5, 5.41) is 17.6. The molecule has 0 bridgehead atoms. The average Bonchev–Trinajstić information content (AvgIpc) is 2.19. The van der Waals surface area contributed by atoms with Crippen LogP contribution in [0.25, 0.3) is 0 Å². The van der Waals surface area contributed by atoms with E-state index < -0.39 is 17.4 Å². The highest BCUT2D eigenvalue weighted by Crippen LogP contribution is 2.37. The maximum absolute atomic E-state index is 10.8. The lowest BCUT2D eigenvalue weighted by Gasteiger charge is -2.30. The molecule has 0 rings (SSSR count). The van der Waals surface area contributed by atoms with Gasteiger partial charge in [-0.2, -0.15) is 0 Å². The third-order valence-electron chi connectivity index (χ3n) is 2.61. The fourth-order valence-corrected chi connectivity index (χ4v) is 2.24. The van der Waals surface area contributed by atoms with Crippen molar-refractivity contribution in [3.63, 3.8) is 0 Å². The van der Waals surface area contributed by atoms with Gasteiger partial charge in [-0.1, -0.05) is 26.7 Å². The molecule has 0 aromatic rings. The number of carboxylic acid groups (broad SMARTS) is 2. The molecule has 0 spiro atoms. The Bertz CT molecular complexity index is 231. The van der Waals surface area contributed by atoms with Gasteiger partial charge in [0.1, 0.15) is 0 Å². The van der Waals surface area contributed by atoms with Crippen molar-refractivity contribution >= 4 is 11.9 Å². The normalized spacial score (nSPS) is 10.1. The number of rotatable bonds is 8. The standard InChI is InChI=1S/C11H20O4.C2H2/c1-3-5-11(6-4-2,7-9(12)13)8-10(14)15;1-2/h3-8H2,1-2H3,(H,12,13)(H,14,15);1-2H. The summed E-state index contributed by atoms with van der Waals surface area (Å²) >= 11 is 0. The second kappa shape index (κ2) is 9.71. The van der Waals surface area contributed by atoms with E-state index in [2.05, 4.69) is 12.8 Å². The molecule has 0 aliphatic heterocycles. The van der Waals surface area contributed by atoms with Crippen molar-refractivity contribution < 1.29 is 19.8 Å². The smallest absolute Gasteiger partial charge is 0.303 e. The van der Waals surface area contributed by atoms with E-state index in [9.17, 15) is 9.59 Å². The molecule has 0 aliphatic rings. The first-order valence-corrected chi connectivity index (χ1v) is 5.72. The molecule has 98 valence electrons. The van der Waals surface area contributed by atoms with E-state index in [1.165, 1.54) is 0 Å². The van der Waals surface area contributed by atoms with Gasteiger partial charge in [-0.05, 0) is 18.3 Å². The Balaban J connectivity index is 0. The summed E-state index contributed by atoms with van der Waals surface area (Å²) in [5.41, 5.74) is -0.554. The highest BCUT2D eigenvalue weighted by Gasteiger charge is 2.33. The molecule has 0 saturated heterocycles. The van der Waals surface area contributed by atoms with Crippen LogP contribution < -0.4 is 0 Å². The zero-order chi connectivity index (χ0) is 13.9. The minimum Gasteiger partial charge on any atom is -0.481 e. The van der Waals surface area contributed by atoms with Crippen molar-refractivity contribution in [3.8, 4) is 12.8 Å². The van der Waals surface area contributed by atoms with E-state index in [1.54, 1.807) is 0 Å². The molecule has 0 unspecified atom stereocenters. The number of hydrogen-bond donors (Lipinski definition) is 2. The Labute approximate surface area is 103 Å². The highest BCUT2D eigenvalue weighted by atomic mass is 16.4. The van der Waals surface area contributed by atoms with Gasteiger partial charge in [-0.3, -0.25) is 9.59 Å². The number of aliphatic carboxylic acids is 2. The first-order valence-electron chi connectivity index (χ1n) is 5.72. The van der Waals surface area contributed by atoms with Gasteiger partial charge in [0.25, 0.3) is 0 Å². The third kappa shape index (κ3) is 8.32. The fourth-order valence-electron chi connectivity index (χ4n) is 2.24. The Morgan fingerprint density at radius 1 is 0.941 bits per heavy atom. The summed E-state index contributed by atoms with van der Waals surface area (Å²) < 4.78 is 0. The lowest BCUT2D eigenvalue weighted by Crippen LogP contribution is -2.27. The maximum atomic E-state index is 10.8. The van der Waals surface area contributed by atoms with Crippen molar-refractivity contribution in [2.75, 3.05) is 0 Å². The van der Waals surface area contributed by atoms with Crippen LogP contribution in [-0.4, -0.2) is 22.2 Å². The molecule has 0 atom stereocenters. The molecule has 0 heterocycles. The molecule has 0 amide bonds. The molecule has 2 N–H and O–H groups in total.